The lowest BCUT2D eigenvalue weighted by Crippen LogP contribution is -2.50. The van der Waals surface area contributed by atoms with Crippen LogP contribution >= 0.6 is 0 Å². The summed E-state index contributed by atoms with van der Waals surface area (Å²) in [5.41, 5.74) is 0.168. The summed E-state index contributed by atoms with van der Waals surface area (Å²) in [4.78, 5) is 18.7. The molecule has 1 amide bonds. The van der Waals surface area contributed by atoms with E-state index in [0.29, 0.717) is 24.7 Å². The third kappa shape index (κ3) is 3.37. The van der Waals surface area contributed by atoms with Gasteiger partial charge in [0.25, 0.3) is 5.91 Å². The largest absolute Gasteiger partial charge is 0.472 e. The topological polar surface area (TPSA) is 69.5 Å². The highest BCUT2D eigenvalue weighted by Gasteiger charge is 2.45. The SMILES string of the molecule is Cn1ccc(C(=O)N2CCC[C@]3(C[C@H](Oc4ccccn4)CO3)C2)n1. The molecule has 7 heteroatoms. The number of carbonyl (C=O) groups is 1. The molecule has 2 aliphatic heterocycles. The highest BCUT2D eigenvalue weighted by atomic mass is 16.6. The van der Waals surface area contributed by atoms with Crippen LogP contribution in [0, 0.1) is 0 Å². The molecule has 2 aromatic rings. The number of pyridine rings is 1. The zero-order valence-electron chi connectivity index (χ0n) is 14.3. The smallest absolute Gasteiger partial charge is 0.274 e. The van der Waals surface area contributed by atoms with Crippen molar-refractivity contribution in [1.82, 2.24) is 19.7 Å². The second-order valence-corrected chi connectivity index (χ2v) is 6.81. The number of likely N-dealkylation sites (tertiary alicyclic amines) is 1. The molecule has 7 nitrogen and oxygen atoms in total. The number of rotatable bonds is 3. The van der Waals surface area contributed by atoms with Crippen molar-refractivity contribution in [3.63, 3.8) is 0 Å². The van der Waals surface area contributed by atoms with E-state index in [0.717, 1.165) is 25.8 Å². The first-order valence-electron chi connectivity index (χ1n) is 8.64. The monoisotopic (exact) mass is 342 g/mol. The van der Waals surface area contributed by atoms with Gasteiger partial charge in [-0.1, -0.05) is 6.07 Å². The Kier molecular flexibility index (Phi) is 4.17. The van der Waals surface area contributed by atoms with E-state index in [1.807, 2.05) is 30.1 Å². The van der Waals surface area contributed by atoms with Gasteiger partial charge in [0, 0.05) is 38.5 Å². The minimum Gasteiger partial charge on any atom is -0.472 e. The Hall–Kier alpha value is -2.41. The number of aromatic nitrogens is 3. The Morgan fingerprint density at radius 3 is 3.08 bits per heavy atom. The molecule has 4 rings (SSSR count). The quantitative estimate of drug-likeness (QED) is 0.848. The third-order valence-corrected chi connectivity index (χ3v) is 4.86. The van der Waals surface area contributed by atoms with Crippen LogP contribution in [0.4, 0.5) is 0 Å². The predicted octanol–water partition coefficient (Wildman–Crippen LogP) is 1.66. The molecule has 2 saturated heterocycles. The van der Waals surface area contributed by atoms with Crippen molar-refractivity contribution in [2.24, 2.45) is 7.05 Å². The molecule has 2 fully saturated rings. The molecule has 1 spiro atoms. The van der Waals surface area contributed by atoms with Crippen LogP contribution in [0.3, 0.4) is 0 Å². The van der Waals surface area contributed by atoms with E-state index in [-0.39, 0.29) is 17.6 Å². The average Bonchev–Trinajstić information content (AvgIpc) is 3.22. The number of nitrogens with zero attached hydrogens (tertiary/aromatic N) is 4. The Morgan fingerprint density at radius 2 is 2.32 bits per heavy atom. The van der Waals surface area contributed by atoms with E-state index in [4.69, 9.17) is 9.47 Å². The Bertz CT molecular complexity index is 748. The Morgan fingerprint density at radius 1 is 1.40 bits per heavy atom. The van der Waals surface area contributed by atoms with E-state index < -0.39 is 0 Å². The molecule has 25 heavy (non-hydrogen) atoms. The molecule has 0 saturated carbocycles. The molecule has 0 aromatic carbocycles. The van der Waals surface area contributed by atoms with E-state index >= 15 is 0 Å². The van der Waals surface area contributed by atoms with Crippen molar-refractivity contribution in [3.05, 3.63) is 42.4 Å². The van der Waals surface area contributed by atoms with Crippen molar-refractivity contribution in [2.75, 3.05) is 19.7 Å². The van der Waals surface area contributed by atoms with Crippen LogP contribution in [0.1, 0.15) is 29.8 Å². The summed E-state index contributed by atoms with van der Waals surface area (Å²) in [5, 5.41) is 4.22. The van der Waals surface area contributed by atoms with E-state index in [9.17, 15) is 4.79 Å². The maximum Gasteiger partial charge on any atom is 0.274 e. The maximum atomic E-state index is 12.7. The molecule has 4 heterocycles. The maximum absolute atomic E-state index is 12.7. The predicted molar refractivity (Wildman–Crippen MR) is 90.3 cm³/mol. The number of carbonyl (C=O) groups excluding carboxylic acids is 1. The van der Waals surface area contributed by atoms with Crippen LogP contribution in [0.25, 0.3) is 0 Å². The minimum absolute atomic E-state index is 0.0280. The van der Waals surface area contributed by atoms with Gasteiger partial charge in [-0.25, -0.2) is 4.98 Å². The molecule has 0 bridgehead atoms. The van der Waals surface area contributed by atoms with Gasteiger partial charge in [0.05, 0.1) is 18.8 Å². The van der Waals surface area contributed by atoms with Crippen molar-refractivity contribution in [3.8, 4) is 5.88 Å². The average molecular weight is 342 g/mol. The highest BCUT2D eigenvalue weighted by molar-refractivity contribution is 5.92. The number of ether oxygens (including phenoxy) is 2. The second kappa shape index (κ2) is 6.48. The summed E-state index contributed by atoms with van der Waals surface area (Å²) in [6.07, 6.45) is 6.12. The fourth-order valence-electron chi connectivity index (χ4n) is 3.71. The Labute approximate surface area is 146 Å². The molecule has 0 radical (unpaired) electrons. The lowest BCUT2D eigenvalue weighted by atomic mass is 9.89. The summed E-state index contributed by atoms with van der Waals surface area (Å²) >= 11 is 0. The number of hydrogen-bond donors (Lipinski definition) is 0. The van der Waals surface area contributed by atoms with Crippen LogP contribution in [-0.4, -0.2) is 57.0 Å². The van der Waals surface area contributed by atoms with Gasteiger partial charge in [-0.3, -0.25) is 9.48 Å². The first kappa shape index (κ1) is 16.1. The van der Waals surface area contributed by atoms with E-state index in [1.165, 1.54) is 0 Å². The Balaban J connectivity index is 1.41. The number of piperidine rings is 1. The number of aryl methyl sites for hydroxylation is 1. The van der Waals surface area contributed by atoms with Gasteiger partial charge in [0.2, 0.25) is 5.88 Å². The van der Waals surface area contributed by atoms with Crippen LogP contribution < -0.4 is 4.74 Å². The van der Waals surface area contributed by atoms with Crippen LogP contribution in [-0.2, 0) is 11.8 Å². The van der Waals surface area contributed by atoms with Gasteiger partial charge in [-0.15, -0.1) is 0 Å². The van der Waals surface area contributed by atoms with Crippen molar-refractivity contribution >= 4 is 5.91 Å². The first-order valence-corrected chi connectivity index (χ1v) is 8.64. The van der Waals surface area contributed by atoms with Crippen molar-refractivity contribution in [1.29, 1.82) is 0 Å². The zero-order chi connectivity index (χ0) is 17.3. The fraction of sp³-hybridized carbons (Fsp3) is 0.500. The number of hydrogen-bond acceptors (Lipinski definition) is 5. The van der Waals surface area contributed by atoms with Gasteiger partial charge >= 0.3 is 0 Å². The molecule has 2 aliphatic rings. The van der Waals surface area contributed by atoms with Crippen LogP contribution in [0.5, 0.6) is 5.88 Å². The third-order valence-electron chi connectivity index (χ3n) is 4.86. The summed E-state index contributed by atoms with van der Waals surface area (Å²) in [6.45, 7) is 1.86. The number of amides is 1. The molecule has 0 unspecified atom stereocenters. The summed E-state index contributed by atoms with van der Waals surface area (Å²) in [6, 6.07) is 7.37. The summed E-state index contributed by atoms with van der Waals surface area (Å²) < 4.78 is 13.7. The lowest BCUT2D eigenvalue weighted by molar-refractivity contribution is -0.0454. The van der Waals surface area contributed by atoms with Gasteiger partial charge in [-0.2, -0.15) is 5.10 Å². The standard InChI is InChI=1S/C18H22N4O3/c1-21-10-6-15(20-21)17(23)22-9-4-7-18(13-22)11-14(12-24-18)25-16-5-2-3-8-19-16/h2-3,5-6,8,10,14H,4,7,9,11-13H2,1H3/t14-,18-/m0/s1. The van der Waals surface area contributed by atoms with Crippen LogP contribution in [0.15, 0.2) is 36.7 Å². The summed E-state index contributed by atoms with van der Waals surface area (Å²) in [7, 11) is 1.81. The van der Waals surface area contributed by atoms with Gasteiger partial charge < -0.3 is 14.4 Å². The molecule has 0 N–H and O–H groups in total. The van der Waals surface area contributed by atoms with Gasteiger partial charge in [0.15, 0.2) is 0 Å². The summed E-state index contributed by atoms with van der Waals surface area (Å²) in [5.74, 6) is 0.586. The van der Waals surface area contributed by atoms with Crippen molar-refractivity contribution < 1.29 is 14.3 Å². The zero-order valence-corrected chi connectivity index (χ0v) is 14.3. The fourth-order valence-corrected chi connectivity index (χ4v) is 3.71. The van der Waals surface area contributed by atoms with Gasteiger partial charge in [0.1, 0.15) is 11.8 Å². The molecule has 0 aliphatic carbocycles. The molecular weight excluding hydrogens is 320 g/mol. The van der Waals surface area contributed by atoms with Crippen molar-refractivity contribution in [2.45, 2.75) is 31.0 Å². The van der Waals surface area contributed by atoms with E-state index in [1.54, 1.807) is 23.1 Å². The van der Waals surface area contributed by atoms with Crippen LogP contribution in [0.2, 0.25) is 0 Å². The highest BCUT2D eigenvalue weighted by Crippen LogP contribution is 2.36. The second-order valence-electron chi connectivity index (χ2n) is 6.81. The molecule has 2 atom stereocenters. The molecule has 2 aromatic heterocycles. The van der Waals surface area contributed by atoms with Gasteiger partial charge in [-0.05, 0) is 25.0 Å². The molecular formula is C18H22N4O3. The van der Waals surface area contributed by atoms with E-state index in [2.05, 4.69) is 10.1 Å². The first-order chi connectivity index (χ1) is 12.1. The lowest BCUT2D eigenvalue weighted by Gasteiger charge is -2.39. The normalized spacial score (nSPS) is 26.1. The molecule has 132 valence electrons. The minimum atomic E-state index is -0.317.